The Bertz CT molecular complexity index is 438. The van der Waals surface area contributed by atoms with Crippen LogP contribution in [-0.2, 0) is 0 Å². The molecule has 0 N–H and O–H groups in total. The fourth-order valence-electron chi connectivity index (χ4n) is 2.46. The van der Waals surface area contributed by atoms with Gasteiger partial charge in [0, 0.05) is 19.1 Å². The van der Waals surface area contributed by atoms with Gasteiger partial charge < -0.3 is 14.2 Å². The molecule has 4 nitrogen and oxygen atoms in total. The molecule has 1 aliphatic rings. The fourth-order valence-corrected chi connectivity index (χ4v) is 2.61. The molecule has 0 aliphatic heterocycles. The second-order valence-corrected chi connectivity index (χ2v) is 5.61. The first kappa shape index (κ1) is 13.4. The molecule has 0 aromatic carbocycles. The molecule has 1 saturated carbocycles. The fraction of sp³-hybridized carbons (Fsp3) is 0.615. The lowest BCUT2D eigenvalue weighted by molar-refractivity contribution is 0.0240. The van der Waals surface area contributed by atoms with Crippen LogP contribution in [0.15, 0.2) is 16.5 Å². The number of rotatable bonds is 4. The Kier molecular flexibility index (Phi) is 3.69. The third-order valence-corrected chi connectivity index (χ3v) is 4.10. The minimum Gasteiger partial charge on any atom is -0.440 e. The van der Waals surface area contributed by atoms with Crippen LogP contribution < -0.4 is 0 Å². The maximum absolute atomic E-state index is 12.2. The van der Waals surface area contributed by atoms with E-state index in [1.807, 2.05) is 7.05 Å². The molecule has 0 saturated heterocycles. The summed E-state index contributed by atoms with van der Waals surface area (Å²) in [4.78, 5) is 16.1. The minimum absolute atomic E-state index is 0.116. The van der Waals surface area contributed by atoms with Crippen LogP contribution in [0.2, 0.25) is 5.22 Å². The number of carbonyl (C=O) groups is 1. The van der Waals surface area contributed by atoms with Crippen molar-refractivity contribution in [2.75, 3.05) is 27.7 Å². The number of likely N-dealkylation sites (N-methyl/N-ethyl adjacent to an activating group) is 2. The van der Waals surface area contributed by atoms with Crippen molar-refractivity contribution < 1.29 is 9.21 Å². The summed E-state index contributed by atoms with van der Waals surface area (Å²) in [5, 5.41) is 0.248. The molecule has 1 fully saturated rings. The Labute approximate surface area is 112 Å². The van der Waals surface area contributed by atoms with Crippen molar-refractivity contribution in [3.05, 3.63) is 23.1 Å². The van der Waals surface area contributed by atoms with Crippen LogP contribution in [-0.4, -0.2) is 48.9 Å². The summed E-state index contributed by atoms with van der Waals surface area (Å²) in [5.74, 6) is 0.186. The average Bonchev–Trinajstić information content (AvgIpc) is 2.68. The average molecular weight is 271 g/mol. The maximum atomic E-state index is 12.2. The standard InChI is InChI=1S/C13H19ClN2O2/c1-15(2)13(7-4-8-13)9-16(3)12(17)10-5-6-11(14)18-10/h5-6H,4,7-9H2,1-3H3. The molecule has 0 atom stereocenters. The quantitative estimate of drug-likeness (QED) is 0.843. The van der Waals surface area contributed by atoms with Gasteiger partial charge in [-0.2, -0.15) is 0 Å². The predicted molar refractivity (Wildman–Crippen MR) is 70.9 cm³/mol. The largest absolute Gasteiger partial charge is 0.440 e. The van der Waals surface area contributed by atoms with Crippen molar-refractivity contribution in [2.45, 2.75) is 24.8 Å². The first-order valence-corrected chi connectivity index (χ1v) is 6.51. The van der Waals surface area contributed by atoms with E-state index in [9.17, 15) is 4.79 Å². The Balaban J connectivity index is 2.03. The van der Waals surface area contributed by atoms with E-state index in [1.54, 1.807) is 17.0 Å². The lowest BCUT2D eigenvalue weighted by Gasteiger charge is -2.49. The number of halogens is 1. The van der Waals surface area contributed by atoms with Gasteiger partial charge in [-0.1, -0.05) is 0 Å². The van der Waals surface area contributed by atoms with Gasteiger partial charge in [0.05, 0.1) is 0 Å². The van der Waals surface area contributed by atoms with E-state index in [4.69, 9.17) is 16.0 Å². The number of amides is 1. The van der Waals surface area contributed by atoms with Crippen LogP contribution in [0.1, 0.15) is 29.8 Å². The van der Waals surface area contributed by atoms with Crippen LogP contribution in [0.4, 0.5) is 0 Å². The van der Waals surface area contributed by atoms with E-state index >= 15 is 0 Å². The predicted octanol–water partition coefficient (Wildman–Crippen LogP) is 2.49. The molecule has 1 heterocycles. The highest BCUT2D eigenvalue weighted by Gasteiger charge is 2.41. The molecule has 0 bridgehead atoms. The summed E-state index contributed by atoms with van der Waals surface area (Å²) < 4.78 is 5.15. The SMILES string of the molecule is CN(CC1(N(C)C)CCC1)C(=O)c1ccc(Cl)o1. The highest BCUT2D eigenvalue weighted by atomic mass is 35.5. The van der Waals surface area contributed by atoms with Crippen LogP contribution in [0.25, 0.3) is 0 Å². The Morgan fingerprint density at radius 3 is 2.44 bits per heavy atom. The molecule has 1 amide bonds. The minimum atomic E-state index is -0.116. The molecule has 1 aromatic rings. The zero-order valence-corrected chi connectivity index (χ0v) is 11.8. The molecule has 18 heavy (non-hydrogen) atoms. The van der Waals surface area contributed by atoms with Gasteiger partial charge >= 0.3 is 0 Å². The van der Waals surface area contributed by atoms with Crippen molar-refractivity contribution >= 4 is 17.5 Å². The van der Waals surface area contributed by atoms with E-state index in [-0.39, 0.29) is 16.7 Å². The molecule has 5 heteroatoms. The topological polar surface area (TPSA) is 36.7 Å². The second kappa shape index (κ2) is 4.94. The van der Waals surface area contributed by atoms with E-state index in [1.165, 1.54) is 6.42 Å². The number of nitrogens with zero attached hydrogens (tertiary/aromatic N) is 2. The van der Waals surface area contributed by atoms with Gasteiger partial charge in [-0.3, -0.25) is 4.79 Å². The van der Waals surface area contributed by atoms with E-state index in [0.29, 0.717) is 5.76 Å². The molecule has 2 rings (SSSR count). The Hall–Kier alpha value is -1.00. The molecule has 1 aromatic heterocycles. The molecule has 1 aliphatic carbocycles. The van der Waals surface area contributed by atoms with Gasteiger partial charge in [0.2, 0.25) is 0 Å². The molecule has 0 radical (unpaired) electrons. The zero-order chi connectivity index (χ0) is 13.3. The van der Waals surface area contributed by atoms with E-state index in [2.05, 4.69) is 19.0 Å². The first-order valence-electron chi connectivity index (χ1n) is 6.13. The summed E-state index contributed by atoms with van der Waals surface area (Å²) in [6.45, 7) is 0.719. The summed E-state index contributed by atoms with van der Waals surface area (Å²) >= 11 is 5.69. The van der Waals surface area contributed by atoms with Gasteiger partial charge in [-0.05, 0) is 57.1 Å². The first-order chi connectivity index (χ1) is 8.44. The van der Waals surface area contributed by atoms with Crippen molar-refractivity contribution in [1.82, 2.24) is 9.80 Å². The Morgan fingerprint density at radius 1 is 1.39 bits per heavy atom. The summed E-state index contributed by atoms with van der Waals surface area (Å²) in [5.41, 5.74) is 0.126. The van der Waals surface area contributed by atoms with Crippen LogP contribution >= 0.6 is 11.6 Å². The maximum Gasteiger partial charge on any atom is 0.289 e. The van der Waals surface area contributed by atoms with Crippen LogP contribution in [0.3, 0.4) is 0 Å². The van der Waals surface area contributed by atoms with Gasteiger partial charge in [0.1, 0.15) is 0 Å². The van der Waals surface area contributed by atoms with Gasteiger partial charge in [0.25, 0.3) is 5.91 Å². The Morgan fingerprint density at radius 2 is 2.06 bits per heavy atom. The highest BCUT2D eigenvalue weighted by molar-refractivity contribution is 6.29. The van der Waals surface area contributed by atoms with Crippen molar-refractivity contribution in [2.24, 2.45) is 0 Å². The van der Waals surface area contributed by atoms with E-state index in [0.717, 1.165) is 19.4 Å². The summed E-state index contributed by atoms with van der Waals surface area (Å²) in [7, 11) is 5.95. The van der Waals surface area contributed by atoms with Gasteiger partial charge in [0.15, 0.2) is 11.0 Å². The molecule has 0 spiro atoms. The van der Waals surface area contributed by atoms with Gasteiger partial charge in [-0.25, -0.2) is 0 Å². The number of carbonyl (C=O) groups excluding carboxylic acids is 1. The number of furan rings is 1. The lowest BCUT2D eigenvalue weighted by Crippen LogP contribution is -2.57. The second-order valence-electron chi connectivity index (χ2n) is 5.24. The molecular weight excluding hydrogens is 252 g/mol. The van der Waals surface area contributed by atoms with Gasteiger partial charge in [-0.15, -0.1) is 0 Å². The molecule has 0 unspecified atom stereocenters. The van der Waals surface area contributed by atoms with Crippen molar-refractivity contribution in [1.29, 1.82) is 0 Å². The zero-order valence-electron chi connectivity index (χ0n) is 11.1. The monoisotopic (exact) mass is 270 g/mol. The molecular formula is C13H19ClN2O2. The number of hydrogen-bond donors (Lipinski definition) is 0. The smallest absolute Gasteiger partial charge is 0.289 e. The summed E-state index contributed by atoms with van der Waals surface area (Å²) in [6.07, 6.45) is 3.50. The molecule has 100 valence electrons. The third kappa shape index (κ3) is 2.40. The van der Waals surface area contributed by atoms with Crippen LogP contribution in [0.5, 0.6) is 0 Å². The highest BCUT2D eigenvalue weighted by Crippen LogP contribution is 2.36. The third-order valence-electron chi connectivity index (χ3n) is 3.90. The lowest BCUT2D eigenvalue weighted by atomic mass is 9.75. The number of hydrogen-bond acceptors (Lipinski definition) is 3. The van der Waals surface area contributed by atoms with Crippen molar-refractivity contribution in [3.8, 4) is 0 Å². The van der Waals surface area contributed by atoms with Crippen molar-refractivity contribution in [3.63, 3.8) is 0 Å². The summed E-state index contributed by atoms with van der Waals surface area (Å²) in [6, 6.07) is 3.21. The normalized spacial score (nSPS) is 17.6. The van der Waals surface area contributed by atoms with E-state index < -0.39 is 0 Å². The van der Waals surface area contributed by atoms with Crippen LogP contribution in [0, 0.1) is 0 Å².